The van der Waals surface area contributed by atoms with Crippen molar-refractivity contribution in [1.29, 1.82) is 0 Å². The van der Waals surface area contributed by atoms with E-state index in [1.807, 2.05) is 7.05 Å². The Kier molecular flexibility index (Phi) is 3.11. The maximum atomic E-state index is 5.91. The Morgan fingerprint density at radius 1 is 1.60 bits per heavy atom. The summed E-state index contributed by atoms with van der Waals surface area (Å²) in [6, 6.07) is 0.408. The smallest absolute Gasteiger partial charge is 0.0776 e. The van der Waals surface area contributed by atoms with E-state index in [1.54, 1.807) is 12.4 Å². The SMILES string of the molecule is CN(c1c(N)cncc1Br)C1CCOC1. The van der Waals surface area contributed by atoms with Crippen molar-refractivity contribution in [1.82, 2.24) is 4.98 Å². The molecule has 0 radical (unpaired) electrons. The zero-order chi connectivity index (χ0) is 10.8. The molecule has 0 bridgehead atoms. The van der Waals surface area contributed by atoms with E-state index in [0.29, 0.717) is 11.7 Å². The Bertz CT molecular complexity index is 332. The van der Waals surface area contributed by atoms with Gasteiger partial charge in [0, 0.05) is 19.9 Å². The highest BCUT2D eigenvalue weighted by Crippen LogP contribution is 2.32. The van der Waals surface area contributed by atoms with Gasteiger partial charge in [0.25, 0.3) is 0 Å². The van der Waals surface area contributed by atoms with Crippen LogP contribution < -0.4 is 10.6 Å². The fourth-order valence-electron chi connectivity index (χ4n) is 1.83. The number of nitrogens with zero attached hydrogens (tertiary/aromatic N) is 2. The summed E-state index contributed by atoms with van der Waals surface area (Å²) < 4.78 is 6.29. The summed E-state index contributed by atoms with van der Waals surface area (Å²) in [5, 5.41) is 0. The first-order chi connectivity index (χ1) is 7.20. The lowest BCUT2D eigenvalue weighted by atomic mass is 10.2. The predicted molar refractivity (Wildman–Crippen MR) is 64.0 cm³/mol. The molecular weight excluding hydrogens is 258 g/mol. The Labute approximate surface area is 97.6 Å². The van der Waals surface area contributed by atoms with E-state index in [0.717, 1.165) is 29.8 Å². The van der Waals surface area contributed by atoms with Gasteiger partial charge in [-0.2, -0.15) is 0 Å². The summed E-state index contributed by atoms with van der Waals surface area (Å²) in [6.45, 7) is 1.60. The first-order valence-corrected chi connectivity index (χ1v) is 5.69. The molecule has 1 atom stereocenters. The quantitative estimate of drug-likeness (QED) is 0.889. The lowest BCUT2D eigenvalue weighted by Crippen LogP contribution is -2.32. The molecule has 2 N–H and O–H groups in total. The minimum Gasteiger partial charge on any atom is -0.396 e. The highest BCUT2D eigenvalue weighted by molar-refractivity contribution is 9.10. The normalized spacial score (nSPS) is 20.5. The van der Waals surface area contributed by atoms with Crippen molar-refractivity contribution in [2.45, 2.75) is 12.5 Å². The van der Waals surface area contributed by atoms with Gasteiger partial charge in [-0.1, -0.05) is 0 Å². The maximum absolute atomic E-state index is 5.91. The molecule has 1 fully saturated rings. The molecule has 4 nitrogen and oxygen atoms in total. The van der Waals surface area contributed by atoms with Crippen LogP contribution in [-0.4, -0.2) is 31.3 Å². The van der Waals surface area contributed by atoms with Crippen molar-refractivity contribution in [3.05, 3.63) is 16.9 Å². The molecule has 0 amide bonds. The lowest BCUT2D eigenvalue weighted by Gasteiger charge is -2.27. The van der Waals surface area contributed by atoms with Gasteiger partial charge in [0.15, 0.2) is 0 Å². The second-order valence-corrected chi connectivity index (χ2v) is 4.54. The highest BCUT2D eigenvalue weighted by atomic mass is 79.9. The van der Waals surface area contributed by atoms with Crippen molar-refractivity contribution >= 4 is 27.3 Å². The minimum absolute atomic E-state index is 0.408. The maximum Gasteiger partial charge on any atom is 0.0776 e. The van der Waals surface area contributed by atoms with Crippen LogP contribution in [0.2, 0.25) is 0 Å². The first-order valence-electron chi connectivity index (χ1n) is 4.89. The standard InChI is InChI=1S/C10H14BrN3O/c1-14(7-2-3-15-6-7)10-8(11)4-13-5-9(10)12/h4-5,7H,2-3,6,12H2,1H3. The number of anilines is 2. The molecule has 15 heavy (non-hydrogen) atoms. The van der Waals surface area contributed by atoms with Crippen LogP contribution in [0, 0.1) is 0 Å². The molecule has 1 unspecified atom stereocenters. The van der Waals surface area contributed by atoms with Gasteiger partial charge in [0.2, 0.25) is 0 Å². The summed E-state index contributed by atoms with van der Waals surface area (Å²) in [5.74, 6) is 0. The number of halogens is 1. The van der Waals surface area contributed by atoms with Crippen molar-refractivity contribution in [3.63, 3.8) is 0 Å². The molecule has 82 valence electrons. The third-order valence-corrected chi connectivity index (χ3v) is 3.29. The monoisotopic (exact) mass is 271 g/mol. The Balaban J connectivity index is 2.27. The van der Waals surface area contributed by atoms with E-state index in [2.05, 4.69) is 25.8 Å². The average Bonchev–Trinajstić information content (AvgIpc) is 2.69. The van der Waals surface area contributed by atoms with Crippen molar-refractivity contribution in [3.8, 4) is 0 Å². The van der Waals surface area contributed by atoms with Gasteiger partial charge >= 0.3 is 0 Å². The zero-order valence-corrected chi connectivity index (χ0v) is 10.2. The number of hydrogen-bond donors (Lipinski definition) is 1. The van der Waals surface area contributed by atoms with Crippen LogP contribution >= 0.6 is 15.9 Å². The molecule has 0 aromatic carbocycles. The number of hydrogen-bond acceptors (Lipinski definition) is 4. The molecule has 5 heteroatoms. The number of pyridine rings is 1. The van der Waals surface area contributed by atoms with Crippen LogP contribution in [0.3, 0.4) is 0 Å². The molecule has 1 aliphatic rings. The van der Waals surface area contributed by atoms with Crippen LogP contribution in [0.5, 0.6) is 0 Å². The van der Waals surface area contributed by atoms with Crippen LogP contribution in [0.1, 0.15) is 6.42 Å². The van der Waals surface area contributed by atoms with E-state index < -0.39 is 0 Å². The van der Waals surface area contributed by atoms with Crippen molar-refractivity contribution < 1.29 is 4.74 Å². The Morgan fingerprint density at radius 3 is 3.00 bits per heavy atom. The van der Waals surface area contributed by atoms with Crippen molar-refractivity contribution in [2.75, 3.05) is 30.9 Å². The fraction of sp³-hybridized carbons (Fsp3) is 0.500. The number of ether oxygens (including phenoxy) is 1. The van der Waals surface area contributed by atoms with Gasteiger partial charge in [0.1, 0.15) is 0 Å². The van der Waals surface area contributed by atoms with Crippen LogP contribution in [0.25, 0.3) is 0 Å². The second-order valence-electron chi connectivity index (χ2n) is 3.69. The number of likely N-dealkylation sites (N-methyl/N-ethyl adjacent to an activating group) is 1. The highest BCUT2D eigenvalue weighted by Gasteiger charge is 2.23. The lowest BCUT2D eigenvalue weighted by molar-refractivity contribution is 0.193. The van der Waals surface area contributed by atoms with E-state index in [4.69, 9.17) is 10.5 Å². The van der Waals surface area contributed by atoms with Crippen LogP contribution in [0.15, 0.2) is 16.9 Å². The zero-order valence-electron chi connectivity index (χ0n) is 8.61. The second kappa shape index (κ2) is 4.37. The van der Waals surface area contributed by atoms with Gasteiger partial charge < -0.3 is 15.4 Å². The molecule has 1 aromatic rings. The topological polar surface area (TPSA) is 51.4 Å². The van der Waals surface area contributed by atoms with Gasteiger partial charge in [-0.15, -0.1) is 0 Å². The van der Waals surface area contributed by atoms with E-state index in [-0.39, 0.29) is 0 Å². The third-order valence-electron chi connectivity index (χ3n) is 2.71. The summed E-state index contributed by atoms with van der Waals surface area (Å²) in [6.07, 6.45) is 4.48. The molecule has 2 rings (SSSR count). The molecular formula is C10H14BrN3O. The number of rotatable bonds is 2. The molecule has 1 saturated heterocycles. The molecule has 1 aromatic heterocycles. The van der Waals surface area contributed by atoms with E-state index >= 15 is 0 Å². The first kappa shape index (κ1) is 10.7. The van der Waals surface area contributed by atoms with Gasteiger partial charge in [-0.25, -0.2) is 0 Å². The molecule has 0 saturated carbocycles. The number of nitrogens with two attached hydrogens (primary N) is 1. The van der Waals surface area contributed by atoms with Gasteiger partial charge in [-0.05, 0) is 22.4 Å². The van der Waals surface area contributed by atoms with Crippen LogP contribution in [-0.2, 0) is 4.74 Å². The summed E-state index contributed by atoms with van der Waals surface area (Å²) in [5.41, 5.74) is 7.61. The van der Waals surface area contributed by atoms with Gasteiger partial charge in [-0.3, -0.25) is 4.98 Å². The molecule has 2 heterocycles. The summed E-state index contributed by atoms with van der Waals surface area (Å²) >= 11 is 3.47. The number of nitrogen functional groups attached to an aromatic ring is 1. The van der Waals surface area contributed by atoms with Crippen molar-refractivity contribution in [2.24, 2.45) is 0 Å². The van der Waals surface area contributed by atoms with Gasteiger partial charge in [0.05, 0.1) is 34.7 Å². The predicted octanol–water partition coefficient (Wildman–Crippen LogP) is 1.65. The molecule has 1 aliphatic heterocycles. The summed E-state index contributed by atoms with van der Waals surface area (Å²) in [4.78, 5) is 6.18. The largest absolute Gasteiger partial charge is 0.396 e. The Morgan fingerprint density at radius 2 is 2.40 bits per heavy atom. The van der Waals surface area contributed by atoms with E-state index in [9.17, 15) is 0 Å². The van der Waals surface area contributed by atoms with E-state index in [1.165, 1.54) is 0 Å². The molecule has 0 spiro atoms. The molecule has 0 aliphatic carbocycles. The van der Waals surface area contributed by atoms with Crippen LogP contribution in [0.4, 0.5) is 11.4 Å². The number of aromatic nitrogens is 1. The summed E-state index contributed by atoms with van der Waals surface area (Å²) in [7, 11) is 2.04. The third kappa shape index (κ3) is 2.08. The minimum atomic E-state index is 0.408. The average molecular weight is 272 g/mol. The fourth-order valence-corrected chi connectivity index (χ4v) is 2.45. The Hall–Kier alpha value is -0.810.